The summed E-state index contributed by atoms with van der Waals surface area (Å²) in [7, 11) is 0. The maximum absolute atomic E-state index is 12.6. The van der Waals surface area contributed by atoms with Crippen LogP contribution in [0.2, 0.25) is 0 Å². The lowest BCUT2D eigenvalue weighted by Gasteiger charge is -2.31. The average molecular weight is 437 g/mol. The highest BCUT2D eigenvalue weighted by Crippen LogP contribution is 2.22. The Labute approximate surface area is 189 Å². The molecule has 0 bridgehead atoms. The normalized spacial score (nSPS) is 17.8. The van der Waals surface area contributed by atoms with Crippen LogP contribution in [0, 0.1) is 5.92 Å². The molecule has 0 spiro atoms. The van der Waals surface area contributed by atoms with Gasteiger partial charge in [0.25, 0.3) is 5.91 Å². The summed E-state index contributed by atoms with van der Waals surface area (Å²) in [4.78, 5) is 36.8. The molecule has 3 N–H and O–H groups in total. The number of likely N-dealkylation sites (tertiary alicyclic amines) is 1. The molecule has 0 unspecified atom stereocenters. The Morgan fingerprint density at radius 2 is 1.84 bits per heavy atom. The van der Waals surface area contributed by atoms with Crippen LogP contribution >= 0.6 is 0 Å². The van der Waals surface area contributed by atoms with Crippen LogP contribution < -0.4 is 11.1 Å². The first kappa shape index (κ1) is 22.4. The van der Waals surface area contributed by atoms with Gasteiger partial charge in [0.05, 0.1) is 0 Å². The fourth-order valence-corrected chi connectivity index (χ4v) is 4.62. The predicted molar refractivity (Wildman–Crippen MR) is 122 cm³/mol. The van der Waals surface area contributed by atoms with E-state index in [0.29, 0.717) is 18.2 Å². The van der Waals surface area contributed by atoms with E-state index in [1.165, 1.54) is 17.5 Å². The molecule has 2 aliphatic heterocycles. The molecule has 1 aromatic carbocycles. The van der Waals surface area contributed by atoms with E-state index in [1.54, 1.807) is 13.0 Å². The Morgan fingerprint density at radius 3 is 2.50 bits per heavy atom. The number of nitrogens with zero attached hydrogens (tertiary/aromatic N) is 4. The van der Waals surface area contributed by atoms with Crippen LogP contribution in [0.5, 0.6) is 0 Å². The number of aromatic nitrogens is 2. The number of carbonyl (C=O) groups excluding carboxylic acids is 2. The van der Waals surface area contributed by atoms with Crippen molar-refractivity contribution in [2.45, 2.75) is 45.3 Å². The molecule has 0 saturated carbocycles. The Balaban J connectivity index is 1.23. The number of benzene rings is 1. The average Bonchev–Trinajstić information content (AvgIpc) is 3.20. The fourth-order valence-electron chi connectivity index (χ4n) is 4.62. The lowest BCUT2D eigenvalue weighted by molar-refractivity contribution is -0.130. The monoisotopic (exact) mass is 436 g/mol. The van der Waals surface area contributed by atoms with Gasteiger partial charge in [0.15, 0.2) is 0 Å². The molecule has 2 aliphatic rings. The van der Waals surface area contributed by atoms with Crippen molar-refractivity contribution in [1.29, 1.82) is 0 Å². The van der Waals surface area contributed by atoms with Crippen LogP contribution in [-0.2, 0) is 24.3 Å². The highest BCUT2D eigenvalue weighted by molar-refractivity contribution is 5.92. The number of nitrogens with two attached hydrogens (primary N) is 1. The van der Waals surface area contributed by atoms with Crippen molar-refractivity contribution in [1.82, 2.24) is 25.1 Å². The van der Waals surface area contributed by atoms with Gasteiger partial charge < -0.3 is 16.0 Å². The SMILES string of the molecule is CC(=O)N1CCC(Cc2cc(C(=O)NC[C@H](N)CN3Cc4ccccc4C3)ncn2)CC1. The molecule has 32 heavy (non-hydrogen) atoms. The van der Waals surface area contributed by atoms with Crippen molar-refractivity contribution in [3.63, 3.8) is 0 Å². The van der Waals surface area contributed by atoms with Gasteiger partial charge in [0.2, 0.25) is 5.91 Å². The summed E-state index contributed by atoms with van der Waals surface area (Å²) in [5, 5.41) is 2.92. The quantitative estimate of drug-likeness (QED) is 0.679. The standard InChI is InChI=1S/C24H32N6O2/c1-17(31)30-8-6-18(7-9-30)10-22-11-23(28-16-27-22)24(32)26-12-21(25)15-29-13-19-4-2-3-5-20(19)14-29/h2-5,11,16,18,21H,6-10,12-15,25H2,1H3,(H,26,32)/t21-/m0/s1. The minimum Gasteiger partial charge on any atom is -0.349 e. The number of hydrogen-bond donors (Lipinski definition) is 2. The van der Waals surface area contributed by atoms with Gasteiger partial charge in [-0.05, 0) is 42.4 Å². The van der Waals surface area contributed by atoms with Crippen molar-refractivity contribution in [2.24, 2.45) is 11.7 Å². The van der Waals surface area contributed by atoms with E-state index in [-0.39, 0.29) is 17.9 Å². The van der Waals surface area contributed by atoms with E-state index in [1.807, 2.05) is 4.90 Å². The second kappa shape index (κ2) is 10.2. The van der Waals surface area contributed by atoms with E-state index in [0.717, 1.165) is 57.7 Å². The van der Waals surface area contributed by atoms with Gasteiger partial charge in [-0.3, -0.25) is 14.5 Å². The number of piperidine rings is 1. The first-order valence-corrected chi connectivity index (χ1v) is 11.4. The van der Waals surface area contributed by atoms with Crippen LogP contribution in [-0.4, -0.2) is 63.8 Å². The molecule has 1 saturated heterocycles. The van der Waals surface area contributed by atoms with E-state index >= 15 is 0 Å². The smallest absolute Gasteiger partial charge is 0.270 e. The van der Waals surface area contributed by atoms with Gasteiger partial charge in [0, 0.05) is 57.9 Å². The first-order chi connectivity index (χ1) is 15.5. The summed E-state index contributed by atoms with van der Waals surface area (Å²) in [6.45, 7) is 6.12. The minimum absolute atomic E-state index is 0.136. The predicted octanol–water partition coefficient (Wildman–Crippen LogP) is 1.35. The zero-order valence-corrected chi connectivity index (χ0v) is 18.7. The zero-order valence-electron chi connectivity index (χ0n) is 18.7. The maximum atomic E-state index is 12.6. The lowest BCUT2D eigenvalue weighted by atomic mass is 9.92. The zero-order chi connectivity index (χ0) is 22.5. The van der Waals surface area contributed by atoms with E-state index in [4.69, 9.17) is 5.73 Å². The molecule has 8 heteroatoms. The number of amides is 2. The van der Waals surface area contributed by atoms with Crippen molar-refractivity contribution >= 4 is 11.8 Å². The van der Waals surface area contributed by atoms with Crippen LogP contribution in [0.15, 0.2) is 36.7 Å². The molecule has 170 valence electrons. The molecule has 1 atom stereocenters. The van der Waals surface area contributed by atoms with E-state index in [9.17, 15) is 9.59 Å². The van der Waals surface area contributed by atoms with Crippen LogP contribution in [0.25, 0.3) is 0 Å². The van der Waals surface area contributed by atoms with Gasteiger partial charge >= 0.3 is 0 Å². The number of carbonyl (C=O) groups is 2. The van der Waals surface area contributed by atoms with Crippen molar-refractivity contribution < 1.29 is 9.59 Å². The van der Waals surface area contributed by atoms with Crippen LogP contribution in [0.1, 0.15) is 47.1 Å². The Kier molecular flexibility index (Phi) is 7.12. The molecule has 0 radical (unpaired) electrons. The third kappa shape index (κ3) is 5.69. The van der Waals surface area contributed by atoms with Gasteiger partial charge in [-0.25, -0.2) is 9.97 Å². The molecular formula is C24H32N6O2. The topological polar surface area (TPSA) is 104 Å². The van der Waals surface area contributed by atoms with Crippen LogP contribution in [0.3, 0.4) is 0 Å². The Bertz CT molecular complexity index is 932. The summed E-state index contributed by atoms with van der Waals surface area (Å²) in [5.41, 5.74) is 10.2. The number of hydrogen-bond acceptors (Lipinski definition) is 6. The van der Waals surface area contributed by atoms with Gasteiger partial charge in [-0.15, -0.1) is 0 Å². The molecule has 1 fully saturated rings. The largest absolute Gasteiger partial charge is 0.349 e. The molecule has 0 aliphatic carbocycles. The van der Waals surface area contributed by atoms with Gasteiger partial charge in [0.1, 0.15) is 12.0 Å². The molecule has 4 rings (SSSR count). The third-order valence-corrected chi connectivity index (χ3v) is 6.44. The summed E-state index contributed by atoms with van der Waals surface area (Å²) in [6, 6.07) is 10.1. The Hall–Kier alpha value is -2.84. The molecule has 1 aromatic heterocycles. The molecule has 8 nitrogen and oxygen atoms in total. The second-order valence-corrected chi connectivity index (χ2v) is 8.96. The van der Waals surface area contributed by atoms with E-state index in [2.05, 4.69) is 44.5 Å². The highest BCUT2D eigenvalue weighted by atomic mass is 16.2. The number of nitrogens with one attached hydrogen (secondary N) is 1. The van der Waals surface area contributed by atoms with E-state index < -0.39 is 0 Å². The van der Waals surface area contributed by atoms with Crippen molar-refractivity contribution in [2.75, 3.05) is 26.2 Å². The Morgan fingerprint density at radius 1 is 1.16 bits per heavy atom. The van der Waals surface area contributed by atoms with Crippen molar-refractivity contribution in [3.8, 4) is 0 Å². The fraction of sp³-hybridized carbons (Fsp3) is 0.500. The second-order valence-electron chi connectivity index (χ2n) is 8.96. The number of rotatable bonds is 7. The minimum atomic E-state index is -0.222. The maximum Gasteiger partial charge on any atom is 0.270 e. The summed E-state index contributed by atoms with van der Waals surface area (Å²) in [5.74, 6) is 0.381. The van der Waals surface area contributed by atoms with Gasteiger partial charge in [-0.1, -0.05) is 24.3 Å². The molecule has 3 heterocycles. The third-order valence-electron chi connectivity index (χ3n) is 6.44. The summed E-state index contributed by atoms with van der Waals surface area (Å²) >= 11 is 0. The lowest BCUT2D eigenvalue weighted by Crippen LogP contribution is -2.44. The number of fused-ring (bicyclic) bond motifs is 1. The molecule has 2 aromatic rings. The first-order valence-electron chi connectivity index (χ1n) is 11.4. The highest BCUT2D eigenvalue weighted by Gasteiger charge is 2.23. The van der Waals surface area contributed by atoms with Crippen molar-refractivity contribution in [3.05, 3.63) is 59.2 Å². The summed E-state index contributed by atoms with van der Waals surface area (Å²) < 4.78 is 0. The summed E-state index contributed by atoms with van der Waals surface area (Å²) in [6.07, 6.45) is 4.17. The molecular weight excluding hydrogens is 404 g/mol. The molecule has 2 amide bonds. The van der Waals surface area contributed by atoms with Crippen LogP contribution in [0.4, 0.5) is 0 Å². The van der Waals surface area contributed by atoms with Gasteiger partial charge in [-0.2, -0.15) is 0 Å².